The molecule has 1 N–H and O–H groups in total. The Morgan fingerprint density at radius 1 is 1.19 bits per heavy atom. The molecule has 1 amide bonds. The largest absolute Gasteiger partial charge is 0.376 e. The SMILES string of the molecule is CC(C)CC1(NC(=O)CCC(C)(C)CC2(OC[C@H](C)C3CN(C4CC4)C3)CC2)COC1. The van der Waals surface area contributed by atoms with Crippen LogP contribution in [-0.2, 0) is 14.3 Å². The highest BCUT2D eigenvalue weighted by molar-refractivity contribution is 5.77. The minimum absolute atomic E-state index is 0.0782. The Morgan fingerprint density at radius 3 is 2.39 bits per heavy atom. The molecule has 0 aromatic heterocycles. The van der Waals surface area contributed by atoms with Crippen molar-refractivity contribution >= 4 is 5.91 Å². The maximum Gasteiger partial charge on any atom is 0.220 e. The maximum absolute atomic E-state index is 12.7. The van der Waals surface area contributed by atoms with E-state index in [-0.39, 0.29) is 22.5 Å². The maximum atomic E-state index is 12.7. The monoisotopic (exact) mass is 434 g/mol. The number of likely N-dealkylation sites (tertiary alicyclic amines) is 1. The molecule has 0 spiro atoms. The molecule has 0 radical (unpaired) electrons. The summed E-state index contributed by atoms with van der Waals surface area (Å²) in [6.45, 7) is 16.2. The van der Waals surface area contributed by atoms with Crippen LogP contribution in [0.4, 0.5) is 0 Å². The van der Waals surface area contributed by atoms with E-state index in [4.69, 9.17) is 9.47 Å². The van der Waals surface area contributed by atoms with E-state index in [9.17, 15) is 4.79 Å². The van der Waals surface area contributed by atoms with Crippen LogP contribution >= 0.6 is 0 Å². The number of hydrogen-bond acceptors (Lipinski definition) is 4. The average Bonchev–Trinajstić information content (AvgIpc) is 3.52. The van der Waals surface area contributed by atoms with Gasteiger partial charge in [-0.05, 0) is 68.1 Å². The first-order chi connectivity index (χ1) is 14.6. The lowest BCUT2D eigenvalue weighted by molar-refractivity contribution is -0.135. The van der Waals surface area contributed by atoms with Crippen LogP contribution < -0.4 is 5.32 Å². The number of ether oxygens (including phenoxy) is 2. The van der Waals surface area contributed by atoms with Gasteiger partial charge in [0.25, 0.3) is 0 Å². The number of hydrogen-bond donors (Lipinski definition) is 1. The lowest BCUT2D eigenvalue weighted by atomic mass is 9.80. The van der Waals surface area contributed by atoms with E-state index in [1.807, 2.05) is 0 Å². The van der Waals surface area contributed by atoms with E-state index in [0.717, 1.165) is 37.8 Å². The van der Waals surface area contributed by atoms with Crippen molar-refractivity contribution in [1.29, 1.82) is 0 Å². The molecule has 0 aromatic carbocycles. The Bertz CT molecular complexity index is 629. The van der Waals surface area contributed by atoms with Crippen molar-refractivity contribution < 1.29 is 14.3 Å². The molecule has 2 saturated carbocycles. The molecule has 2 aliphatic carbocycles. The predicted molar refractivity (Wildman–Crippen MR) is 124 cm³/mol. The van der Waals surface area contributed by atoms with Gasteiger partial charge in [-0.1, -0.05) is 34.6 Å². The molecule has 0 bridgehead atoms. The highest BCUT2D eigenvalue weighted by Crippen LogP contribution is 2.50. The van der Waals surface area contributed by atoms with Gasteiger partial charge in [0.15, 0.2) is 0 Å². The Labute approximate surface area is 190 Å². The first kappa shape index (κ1) is 23.5. The molecule has 2 heterocycles. The van der Waals surface area contributed by atoms with Crippen LogP contribution in [0.3, 0.4) is 0 Å². The fraction of sp³-hybridized carbons (Fsp3) is 0.962. The zero-order chi connectivity index (χ0) is 22.3. The van der Waals surface area contributed by atoms with Crippen molar-refractivity contribution in [3.8, 4) is 0 Å². The molecule has 178 valence electrons. The molecular formula is C26H46N2O3. The van der Waals surface area contributed by atoms with Gasteiger partial charge in [-0.2, -0.15) is 0 Å². The van der Waals surface area contributed by atoms with E-state index in [2.05, 4.69) is 44.8 Å². The Morgan fingerprint density at radius 2 is 1.87 bits per heavy atom. The zero-order valence-electron chi connectivity index (χ0n) is 20.7. The highest BCUT2D eigenvalue weighted by atomic mass is 16.5. The van der Waals surface area contributed by atoms with E-state index in [1.165, 1.54) is 38.8 Å². The van der Waals surface area contributed by atoms with Crippen LogP contribution in [0.1, 0.15) is 86.0 Å². The van der Waals surface area contributed by atoms with Gasteiger partial charge >= 0.3 is 0 Å². The third kappa shape index (κ3) is 6.23. The first-order valence-corrected chi connectivity index (χ1v) is 12.9. The fourth-order valence-corrected chi connectivity index (χ4v) is 5.74. The minimum atomic E-state index is -0.122. The van der Waals surface area contributed by atoms with Crippen molar-refractivity contribution in [2.24, 2.45) is 23.2 Å². The second kappa shape index (κ2) is 8.95. The number of amides is 1. The number of nitrogens with one attached hydrogen (secondary N) is 1. The fourth-order valence-electron chi connectivity index (χ4n) is 5.74. The van der Waals surface area contributed by atoms with Crippen molar-refractivity contribution in [2.45, 2.75) is 103 Å². The molecule has 2 aliphatic heterocycles. The standard InChI is InChI=1S/C26H46N2O3/c1-19(2)12-25(17-30-18-25)27-23(29)8-9-24(4,5)16-26(10-11-26)31-15-20(3)21-13-28(14-21)22-6-7-22/h19-22H,6-18H2,1-5H3,(H,27,29)/t20-/m0/s1. The summed E-state index contributed by atoms with van der Waals surface area (Å²) in [7, 11) is 0. The third-order valence-corrected chi connectivity index (χ3v) is 8.06. The second-order valence-electron chi connectivity index (χ2n) is 12.7. The van der Waals surface area contributed by atoms with Crippen LogP contribution in [0.5, 0.6) is 0 Å². The molecule has 0 aromatic rings. The van der Waals surface area contributed by atoms with Crippen LogP contribution in [0.2, 0.25) is 0 Å². The van der Waals surface area contributed by atoms with Gasteiger partial charge in [-0.3, -0.25) is 9.69 Å². The molecule has 2 saturated heterocycles. The van der Waals surface area contributed by atoms with Gasteiger partial charge < -0.3 is 14.8 Å². The Balaban J connectivity index is 1.16. The minimum Gasteiger partial charge on any atom is -0.376 e. The molecule has 5 nitrogen and oxygen atoms in total. The summed E-state index contributed by atoms with van der Waals surface area (Å²) in [5.41, 5.74) is 0.0788. The summed E-state index contributed by atoms with van der Waals surface area (Å²) in [4.78, 5) is 15.3. The summed E-state index contributed by atoms with van der Waals surface area (Å²) < 4.78 is 11.9. The van der Waals surface area contributed by atoms with Gasteiger partial charge in [0.05, 0.1) is 31.0 Å². The van der Waals surface area contributed by atoms with Crippen molar-refractivity contribution in [3.63, 3.8) is 0 Å². The van der Waals surface area contributed by atoms with Crippen LogP contribution in [0, 0.1) is 23.2 Å². The van der Waals surface area contributed by atoms with Gasteiger partial charge in [0.1, 0.15) is 0 Å². The van der Waals surface area contributed by atoms with Crippen molar-refractivity contribution in [2.75, 3.05) is 32.9 Å². The zero-order valence-corrected chi connectivity index (χ0v) is 20.7. The quantitative estimate of drug-likeness (QED) is 0.467. The Hall–Kier alpha value is -0.650. The van der Waals surface area contributed by atoms with E-state index < -0.39 is 0 Å². The van der Waals surface area contributed by atoms with Gasteiger partial charge in [-0.15, -0.1) is 0 Å². The molecule has 4 aliphatic rings. The highest BCUT2D eigenvalue weighted by Gasteiger charge is 2.48. The number of carbonyl (C=O) groups is 1. The summed E-state index contributed by atoms with van der Waals surface area (Å²) in [6, 6.07) is 0.911. The smallest absolute Gasteiger partial charge is 0.220 e. The van der Waals surface area contributed by atoms with E-state index in [0.29, 0.717) is 31.5 Å². The van der Waals surface area contributed by atoms with Gasteiger partial charge in [-0.25, -0.2) is 0 Å². The predicted octanol–water partition coefficient (Wildman–Crippen LogP) is 4.39. The van der Waals surface area contributed by atoms with Crippen LogP contribution in [0.25, 0.3) is 0 Å². The van der Waals surface area contributed by atoms with Crippen molar-refractivity contribution in [3.05, 3.63) is 0 Å². The first-order valence-electron chi connectivity index (χ1n) is 12.9. The molecule has 1 atom stereocenters. The van der Waals surface area contributed by atoms with Crippen molar-refractivity contribution in [1.82, 2.24) is 10.2 Å². The summed E-state index contributed by atoms with van der Waals surface area (Å²) in [5.74, 6) is 2.22. The number of carbonyl (C=O) groups excluding carboxylic acids is 1. The lowest BCUT2D eigenvalue weighted by Gasteiger charge is -2.43. The summed E-state index contributed by atoms with van der Waals surface area (Å²) in [5, 5.41) is 3.29. The second-order valence-corrected chi connectivity index (χ2v) is 12.7. The summed E-state index contributed by atoms with van der Waals surface area (Å²) >= 11 is 0. The van der Waals surface area contributed by atoms with Crippen LogP contribution in [0.15, 0.2) is 0 Å². The van der Waals surface area contributed by atoms with E-state index in [1.54, 1.807) is 0 Å². The van der Waals surface area contributed by atoms with Gasteiger partial charge in [0.2, 0.25) is 5.91 Å². The van der Waals surface area contributed by atoms with E-state index >= 15 is 0 Å². The number of rotatable bonds is 13. The molecule has 5 heteroatoms. The average molecular weight is 435 g/mol. The van der Waals surface area contributed by atoms with Crippen LogP contribution in [-0.4, -0.2) is 60.9 Å². The lowest BCUT2D eigenvalue weighted by Crippen LogP contribution is -2.62. The third-order valence-electron chi connectivity index (χ3n) is 8.06. The van der Waals surface area contributed by atoms with Gasteiger partial charge in [0, 0.05) is 25.6 Å². The molecular weight excluding hydrogens is 388 g/mol. The topological polar surface area (TPSA) is 50.8 Å². The molecule has 0 unspecified atom stereocenters. The Kier molecular flexibility index (Phi) is 6.78. The summed E-state index contributed by atoms with van der Waals surface area (Å²) in [6.07, 6.45) is 8.78. The molecule has 4 rings (SSSR count). The number of nitrogens with zero attached hydrogens (tertiary/aromatic N) is 1. The normalized spacial score (nSPS) is 26.3. The molecule has 4 fully saturated rings. The molecule has 31 heavy (non-hydrogen) atoms.